The van der Waals surface area contributed by atoms with Crippen LogP contribution < -0.4 is 10.3 Å². The Balaban J connectivity index is 2.72. The predicted octanol–water partition coefficient (Wildman–Crippen LogP) is 1.30. The number of nitrogens with one attached hydrogen (secondary N) is 2. The van der Waals surface area contributed by atoms with Gasteiger partial charge in [0.25, 0.3) is 0 Å². The number of rotatable bonds is 9. The number of hydrogen-bond acceptors (Lipinski definition) is 6. The molecule has 1 aliphatic heterocycles. The van der Waals surface area contributed by atoms with E-state index in [4.69, 9.17) is 8.95 Å². The van der Waals surface area contributed by atoms with Gasteiger partial charge in [-0.2, -0.15) is 0 Å². The molecule has 2 unspecified atom stereocenters. The van der Waals surface area contributed by atoms with Crippen LogP contribution in [0.5, 0.6) is 0 Å². The number of ketones is 1. The van der Waals surface area contributed by atoms with E-state index in [1.54, 1.807) is 14.9 Å². The topological polar surface area (TPSA) is 93.7 Å². The number of amides is 1. The number of Topliss-reactive ketones (excluding diaryl/α,β-unsaturated/α-hetero) is 1. The molecule has 0 aromatic rings. The highest BCUT2D eigenvalue weighted by atomic mass is 31.1. The maximum atomic E-state index is 12.4. The second-order valence-corrected chi connectivity index (χ2v) is 14.1. The normalized spacial score (nSPS) is 23.3. The van der Waals surface area contributed by atoms with E-state index in [0.717, 1.165) is 0 Å². The van der Waals surface area contributed by atoms with Crippen LogP contribution in [0.25, 0.3) is 0 Å². The number of carbonyl (C=O) groups excluding carboxylic acids is 3. The van der Waals surface area contributed by atoms with Gasteiger partial charge in [0, 0.05) is 5.92 Å². The zero-order chi connectivity index (χ0) is 20.3. The SMILES string of the molecule is BNPOC(=O)CC(=O)[C@H](C)C1NC(=O)[C@@H]1[C@@H](C)O[Si](C)(C)C(C)(C)C. The van der Waals surface area contributed by atoms with Crippen LogP contribution in [0, 0.1) is 11.8 Å². The average Bonchev–Trinajstić information content (AvgIpc) is 2.47. The molecule has 1 rings (SSSR count). The summed E-state index contributed by atoms with van der Waals surface area (Å²) in [5.74, 6) is -1.72. The summed E-state index contributed by atoms with van der Waals surface area (Å²) in [6.07, 6.45) is -0.561. The molecular weight excluding hydrogens is 370 g/mol. The zero-order valence-corrected chi connectivity index (χ0v) is 19.1. The summed E-state index contributed by atoms with van der Waals surface area (Å²) in [6, 6.07) is -0.311. The molecule has 7 nitrogen and oxygen atoms in total. The number of carbonyl (C=O) groups is 3. The van der Waals surface area contributed by atoms with Gasteiger partial charge in [0.15, 0.2) is 16.3 Å². The van der Waals surface area contributed by atoms with E-state index >= 15 is 0 Å². The molecule has 10 heteroatoms. The van der Waals surface area contributed by atoms with Gasteiger partial charge in [0.05, 0.1) is 18.1 Å². The third-order valence-corrected chi connectivity index (χ3v) is 10.5. The average molecular weight is 402 g/mol. The molecular formula is C16H32BN2O5PSi. The lowest BCUT2D eigenvalue weighted by atomic mass is 9.77. The number of hydrogen-bond donors (Lipinski definition) is 2. The van der Waals surface area contributed by atoms with Gasteiger partial charge in [0.2, 0.25) is 5.91 Å². The Morgan fingerprint density at radius 1 is 1.35 bits per heavy atom. The molecule has 1 saturated heterocycles. The van der Waals surface area contributed by atoms with Gasteiger partial charge in [-0.3, -0.25) is 14.4 Å². The van der Waals surface area contributed by atoms with Crippen molar-refractivity contribution in [2.75, 3.05) is 0 Å². The fraction of sp³-hybridized carbons (Fsp3) is 0.812. The highest BCUT2D eigenvalue weighted by molar-refractivity contribution is 7.32. The second-order valence-electron chi connectivity index (χ2n) is 8.40. The van der Waals surface area contributed by atoms with Crippen LogP contribution in [0.2, 0.25) is 18.1 Å². The minimum atomic E-state index is -2.02. The molecule has 2 N–H and O–H groups in total. The minimum Gasteiger partial charge on any atom is -0.432 e. The van der Waals surface area contributed by atoms with E-state index in [0.29, 0.717) is 0 Å². The van der Waals surface area contributed by atoms with E-state index < -0.39 is 20.2 Å². The van der Waals surface area contributed by atoms with Crippen molar-refractivity contribution in [2.45, 2.75) is 71.3 Å². The monoisotopic (exact) mass is 402 g/mol. The first-order valence-corrected chi connectivity index (χ1v) is 12.8. The van der Waals surface area contributed by atoms with Crippen molar-refractivity contribution < 1.29 is 23.3 Å². The van der Waals surface area contributed by atoms with Crippen LogP contribution in [0.1, 0.15) is 41.0 Å². The first-order valence-electron chi connectivity index (χ1n) is 8.94. The van der Waals surface area contributed by atoms with Gasteiger partial charge in [-0.05, 0) is 25.1 Å². The molecule has 0 saturated carbocycles. The molecule has 0 bridgehead atoms. The Hall–Kier alpha value is -0.758. The lowest BCUT2D eigenvalue weighted by molar-refractivity contribution is -0.145. The highest BCUT2D eigenvalue weighted by Crippen LogP contribution is 2.39. The molecule has 1 fully saturated rings. The summed E-state index contributed by atoms with van der Waals surface area (Å²) < 4.78 is 11.2. The predicted molar refractivity (Wildman–Crippen MR) is 108 cm³/mol. The third kappa shape index (κ3) is 5.62. The highest BCUT2D eigenvalue weighted by Gasteiger charge is 2.50. The smallest absolute Gasteiger partial charge is 0.316 e. The molecule has 0 aromatic heterocycles. The summed E-state index contributed by atoms with van der Waals surface area (Å²) in [4.78, 5) is 38.8. The van der Waals surface area contributed by atoms with Gasteiger partial charge in [-0.25, -0.2) is 0 Å². The summed E-state index contributed by atoms with van der Waals surface area (Å²) in [5, 5.41) is 2.85. The molecule has 26 heavy (non-hydrogen) atoms. The molecule has 1 heterocycles. The van der Waals surface area contributed by atoms with Crippen molar-refractivity contribution in [3.63, 3.8) is 0 Å². The van der Waals surface area contributed by atoms with Crippen molar-refractivity contribution in [3.8, 4) is 0 Å². The van der Waals surface area contributed by atoms with Crippen LogP contribution in [-0.4, -0.2) is 46.1 Å². The summed E-state index contributed by atoms with van der Waals surface area (Å²) in [6.45, 7) is 14.4. The van der Waals surface area contributed by atoms with Gasteiger partial charge in [-0.15, -0.1) is 0 Å². The summed E-state index contributed by atoms with van der Waals surface area (Å²) in [5.41, 5.74) is 0. The quantitative estimate of drug-likeness (QED) is 0.261. The van der Waals surface area contributed by atoms with Crippen molar-refractivity contribution >= 4 is 42.9 Å². The fourth-order valence-electron chi connectivity index (χ4n) is 2.72. The molecule has 0 radical (unpaired) electrons. The first kappa shape index (κ1) is 23.3. The van der Waals surface area contributed by atoms with Crippen molar-refractivity contribution in [3.05, 3.63) is 0 Å². The van der Waals surface area contributed by atoms with Crippen LogP contribution in [0.15, 0.2) is 0 Å². The maximum absolute atomic E-state index is 12.4. The second kappa shape index (κ2) is 8.95. The molecule has 148 valence electrons. The van der Waals surface area contributed by atoms with Crippen LogP contribution >= 0.6 is 8.96 Å². The molecule has 0 spiro atoms. The van der Waals surface area contributed by atoms with Crippen molar-refractivity contribution in [1.82, 2.24) is 10.3 Å². The lowest BCUT2D eigenvalue weighted by Gasteiger charge is -2.46. The van der Waals surface area contributed by atoms with Gasteiger partial charge < -0.3 is 19.3 Å². The summed E-state index contributed by atoms with van der Waals surface area (Å²) in [7, 11) is -0.524. The Morgan fingerprint density at radius 2 is 1.92 bits per heavy atom. The van der Waals surface area contributed by atoms with Crippen molar-refractivity contribution in [1.29, 1.82) is 0 Å². The molecule has 1 aliphatic rings. The van der Waals surface area contributed by atoms with Crippen LogP contribution in [0.3, 0.4) is 0 Å². The standard InChI is InChI=1S/C16H32BN2O5PSi/c1-9(11(20)8-12(21)23-25-19-17)14-13(15(22)18-14)10(2)24-26(6,7)16(3,4)5/h9-10,13-14,19,25H,8,17H2,1-7H3,(H,18,22)/t9-,10+,13+,14?/m0/s1. The van der Waals surface area contributed by atoms with Crippen molar-refractivity contribution in [2.24, 2.45) is 11.8 Å². The molecule has 0 aliphatic carbocycles. The Bertz CT molecular complexity index is 555. The lowest BCUT2D eigenvalue weighted by Crippen LogP contribution is -2.66. The fourth-order valence-corrected chi connectivity index (χ4v) is 4.44. The van der Waals surface area contributed by atoms with E-state index in [9.17, 15) is 14.4 Å². The van der Waals surface area contributed by atoms with Gasteiger partial charge in [0.1, 0.15) is 21.2 Å². The van der Waals surface area contributed by atoms with E-state index in [1.807, 2.05) is 6.92 Å². The Kier molecular flexibility index (Phi) is 8.02. The van der Waals surface area contributed by atoms with E-state index in [-0.39, 0.29) is 50.2 Å². The van der Waals surface area contributed by atoms with E-state index in [1.165, 1.54) is 0 Å². The molecule has 5 atom stereocenters. The largest absolute Gasteiger partial charge is 0.432 e. The van der Waals surface area contributed by atoms with Gasteiger partial charge in [-0.1, -0.05) is 27.7 Å². The van der Waals surface area contributed by atoms with Gasteiger partial charge >= 0.3 is 5.97 Å². The van der Waals surface area contributed by atoms with Crippen LogP contribution in [0.4, 0.5) is 0 Å². The first-order chi connectivity index (χ1) is 11.8. The summed E-state index contributed by atoms with van der Waals surface area (Å²) >= 11 is 0. The minimum absolute atomic E-state index is 0.0380. The van der Waals surface area contributed by atoms with E-state index in [2.05, 4.69) is 44.2 Å². The Morgan fingerprint density at radius 3 is 2.38 bits per heavy atom. The molecule has 0 aromatic carbocycles. The third-order valence-electron chi connectivity index (χ3n) is 5.42. The molecule has 1 amide bonds. The Labute approximate surface area is 160 Å². The zero-order valence-electron chi connectivity index (χ0n) is 17.1. The van der Waals surface area contributed by atoms with Crippen LogP contribution in [-0.2, 0) is 23.3 Å². The number of β-lactam (4-membered cyclic amide) rings is 1. The maximum Gasteiger partial charge on any atom is 0.316 e.